The highest BCUT2D eigenvalue weighted by atomic mass is 79.9. The Balaban J connectivity index is 2.91. The Morgan fingerprint density at radius 1 is 1.33 bits per heavy atom. The van der Waals surface area contributed by atoms with Crippen LogP contribution in [0, 0.1) is 0 Å². The van der Waals surface area contributed by atoms with Crippen molar-refractivity contribution in [2.75, 3.05) is 6.61 Å². The fourth-order valence-electron chi connectivity index (χ4n) is 1.33. The average Bonchev–Trinajstić information content (AvgIpc) is 2.28. The lowest BCUT2D eigenvalue weighted by molar-refractivity contribution is -0.137. The van der Waals surface area contributed by atoms with Gasteiger partial charge in [-0.15, -0.1) is 0 Å². The van der Waals surface area contributed by atoms with Crippen LogP contribution in [-0.4, -0.2) is 24.5 Å². The van der Waals surface area contributed by atoms with Crippen LogP contribution in [0.3, 0.4) is 0 Å². The Labute approximate surface area is 114 Å². The van der Waals surface area contributed by atoms with Crippen molar-refractivity contribution < 1.29 is 19.1 Å². The topological polar surface area (TPSA) is 52.6 Å². The second kappa shape index (κ2) is 6.54. The first-order valence-electron chi connectivity index (χ1n) is 5.63. The average molecular weight is 315 g/mol. The normalized spacial score (nSPS) is 10.3. The van der Waals surface area contributed by atoms with Gasteiger partial charge in [0.2, 0.25) is 0 Å². The minimum atomic E-state index is -0.851. The van der Waals surface area contributed by atoms with E-state index in [4.69, 9.17) is 4.74 Å². The fourth-order valence-corrected chi connectivity index (χ4v) is 1.87. The van der Waals surface area contributed by atoms with Gasteiger partial charge in [-0.25, -0.2) is 4.79 Å². The number of hydrogen-bond donors (Lipinski definition) is 0. The number of rotatable bonds is 5. The highest BCUT2D eigenvalue weighted by Gasteiger charge is 2.20. The van der Waals surface area contributed by atoms with Gasteiger partial charge >= 0.3 is 5.97 Å². The Kier molecular flexibility index (Phi) is 5.34. The quantitative estimate of drug-likeness (QED) is 0.476. The van der Waals surface area contributed by atoms with Crippen LogP contribution in [0.2, 0.25) is 0 Å². The molecule has 1 rings (SSSR count). The van der Waals surface area contributed by atoms with Crippen LogP contribution in [0.1, 0.15) is 31.1 Å². The molecule has 98 valence electrons. The summed E-state index contributed by atoms with van der Waals surface area (Å²) in [5, 5.41) is 0. The molecule has 0 fully saturated rings. The van der Waals surface area contributed by atoms with E-state index in [9.17, 15) is 9.59 Å². The van der Waals surface area contributed by atoms with Crippen molar-refractivity contribution in [3.05, 3.63) is 28.2 Å². The molecule has 0 amide bonds. The molecule has 0 spiro atoms. The fraction of sp³-hybridized carbons (Fsp3) is 0.385. The summed E-state index contributed by atoms with van der Waals surface area (Å²) in [4.78, 5) is 23.1. The van der Waals surface area contributed by atoms with Gasteiger partial charge in [-0.3, -0.25) is 4.79 Å². The molecule has 0 aliphatic rings. The summed E-state index contributed by atoms with van der Waals surface area (Å²) in [7, 11) is 0. The number of carbonyl (C=O) groups excluding carboxylic acids is 2. The van der Waals surface area contributed by atoms with E-state index in [1.807, 2.05) is 13.8 Å². The molecule has 0 aliphatic heterocycles. The maximum absolute atomic E-state index is 11.7. The third-order valence-electron chi connectivity index (χ3n) is 2.02. The molecular weight excluding hydrogens is 300 g/mol. The van der Waals surface area contributed by atoms with Crippen LogP contribution in [0.4, 0.5) is 0 Å². The first-order chi connectivity index (χ1) is 8.45. The molecule has 0 radical (unpaired) electrons. The first kappa shape index (κ1) is 14.7. The SMILES string of the molecule is CCOC(=O)C(=O)c1ccc(OC(C)C)cc1Br. The van der Waals surface area contributed by atoms with Crippen molar-refractivity contribution in [3.8, 4) is 5.75 Å². The van der Waals surface area contributed by atoms with Crippen LogP contribution in [0.25, 0.3) is 0 Å². The van der Waals surface area contributed by atoms with Crippen LogP contribution in [0.5, 0.6) is 5.75 Å². The Morgan fingerprint density at radius 2 is 2.00 bits per heavy atom. The second-order valence-electron chi connectivity index (χ2n) is 3.86. The maximum Gasteiger partial charge on any atom is 0.379 e. The van der Waals surface area contributed by atoms with E-state index in [0.29, 0.717) is 10.2 Å². The molecule has 0 atom stereocenters. The molecule has 1 aromatic rings. The molecule has 1 aromatic carbocycles. The van der Waals surface area contributed by atoms with Crippen LogP contribution < -0.4 is 4.74 Å². The molecule has 0 aliphatic carbocycles. The third-order valence-corrected chi connectivity index (χ3v) is 2.67. The summed E-state index contributed by atoms with van der Waals surface area (Å²) in [6.07, 6.45) is 0.0449. The zero-order valence-electron chi connectivity index (χ0n) is 10.5. The molecular formula is C13H15BrO4. The van der Waals surface area contributed by atoms with Crippen molar-refractivity contribution in [2.24, 2.45) is 0 Å². The molecule has 4 nitrogen and oxygen atoms in total. The van der Waals surface area contributed by atoms with Gasteiger partial charge in [0.1, 0.15) is 5.75 Å². The van der Waals surface area contributed by atoms with Gasteiger partial charge in [0.05, 0.1) is 12.7 Å². The van der Waals surface area contributed by atoms with Gasteiger partial charge in [-0.05, 0) is 54.9 Å². The lowest BCUT2D eigenvalue weighted by atomic mass is 10.1. The number of Topliss-reactive ketones (excluding diaryl/α,β-unsaturated/α-hetero) is 1. The van der Waals surface area contributed by atoms with Crippen molar-refractivity contribution in [1.82, 2.24) is 0 Å². The predicted molar refractivity (Wildman–Crippen MR) is 70.9 cm³/mol. The summed E-state index contributed by atoms with van der Waals surface area (Å²) >= 11 is 3.25. The summed E-state index contributed by atoms with van der Waals surface area (Å²) < 4.78 is 10.7. The number of ether oxygens (including phenoxy) is 2. The number of ketones is 1. The molecule has 0 aromatic heterocycles. The van der Waals surface area contributed by atoms with Gasteiger partial charge in [-0.1, -0.05) is 0 Å². The van der Waals surface area contributed by atoms with Crippen molar-refractivity contribution in [1.29, 1.82) is 0 Å². The van der Waals surface area contributed by atoms with Gasteiger partial charge in [-0.2, -0.15) is 0 Å². The minimum absolute atomic E-state index is 0.0449. The zero-order chi connectivity index (χ0) is 13.7. The van der Waals surface area contributed by atoms with Gasteiger partial charge in [0.25, 0.3) is 5.78 Å². The predicted octanol–water partition coefficient (Wildman–Crippen LogP) is 2.98. The third kappa shape index (κ3) is 3.84. The van der Waals surface area contributed by atoms with E-state index in [0.717, 1.165) is 0 Å². The standard InChI is InChI=1S/C13H15BrO4/c1-4-17-13(16)12(15)10-6-5-9(7-11(10)14)18-8(2)3/h5-8H,4H2,1-3H3. The maximum atomic E-state index is 11.7. The number of hydrogen-bond acceptors (Lipinski definition) is 4. The van der Waals surface area contributed by atoms with Crippen molar-refractivity contribution >= 4 is 27.7 Å². The summed E-state index contributed by atoms with van der Waals surface area (Å²) in [6, 6.07) is 4.85. The van der Waals surface area contributed by atoms with Crippen LogP contribution in [0.15, 0.2) is 22.7 Å². The highest BCUT2D eigenvalue weighted by Crippen LogP contribution is 2.24. The Bertz CT molecular complexity index is 454. The van der Waals surface area contributed by atoms with Crippen LogP contribution in [-0.2, 0) is 9.53 Å². The largest absolute Gasteiger partial charge is 0.491 e. The highest BCUT2D eigenvalue weighted by molar-refractivity contribution is 9.10. The molecule has 0 saturated heterocycles. The smallest absolute Gasteiger partial charge is 0.379 e. The van der Waals surface area contributed by atoms with Gasteiger partial charge in [0.15, 0.2) is 0 Å². The van der Waals surface area contributed by atoms with Gasteiger partial charge in [0, 0.05) is 10.0 Å². The van der Waals surface area contributed by atoms with E-state index in [2.05, 4.69) is 20.7 Å². The van der Waals surface area contributed by atoms with Crippen molar-refractivity contribution in [2.45, 2.75) is 26.9 Å². The summed E-state index contributed by atoms with van der Waals surface area (Å²) in [6.45, 7) is 5.65. The summed E-state index contributed by atoms with van der Waals surface area (Å²) in [5.74, 6) is -0.882. The number of halogens is 1. The second-order valence-corrected chi connectivity index (χ2v) is 4.71. The first-order valence-corrected chi connectivity index (χ1v) is 6.42. The monoisotopic (exact) mass is 314 g/mol. The molecule has 18 heavy (non-hydrogen) atoms. The molecule has 0 heterocycles. The number of benzene rings is 1. The van der Waals surface area contributed by atoms with E-state index < -0.39 is 11.8 Å². The van der Waals surface area contributed by atoms with Crippen LogP contribution >= 0.6 is 15.9 Å². The van der Waals surface area contributed by atoms with Crippen molar-refractivity contribution in [3.63, 3.8) is 0 Å². The van der Waals surface area contributed by atoms with E-state index >= 15 is 0 Å². The lowest BCUT2D eigenvalue weighted by Crippen LogP contribution is -2.18. The number of esters is 1. The lowest BCUT2D eigenvalue weighted by Gasteiger charge is -2.11. The minimum Gasteiger partial charge on any atom is -0.491 e. The Morgan fingerprint density at radius 3 is 2.50 bits per heavy atom. The van der Waals surface area contributed by atoms with E-state index in [1.165, 1.54) is 0 Å². The molecule has 0 N–H and O–H groups in total. The zero-order valence-corrected chi connectivity index (χ0v) is 12.1. The molecule has 0 saturated carbocycles. The molecule has 5 heteroatoms. The molecule has 0 unspecified atom stereocenters. The van der Waals surface area contributed by atoms with Gasteiger partial charge < -0.3 is 9.47 Å². The molecule has 0 bridgehead atoms. The van der Waals surface area contributed by atoms with E-state index in [1.54, 1.807) is 25.1 Å². The Hall–Kier alpha value is -1.36. The van der Waals surface area contributed by atoms with E-state index in [-0.39, 0.29) is 18.3 Å². The summed E-state index contributed by atoms with van der Waals surface area (Å²) in [5.41, 5.74) is 0.268. The number of carbonyl (C=O) groups is 2.